The number of methoxy groups -OCH3 is 1. The molecule has 4 heteroatoms. The fraction of sp³-hybridized carbons (Fsp3) is 0.235. The van der Waals surface area contributed by atoms with Crippen molar-refractivity contribution in [2.75, 3.05) is 19.0 Å². The number of rotatable bonds is 2. The third-order valence-corrected chi connectivity index (χ3v) is 3.93. The molecule has 0 unspecified atom stereocenters. The summed E-state index contributed by atoms with van der Waals surface area (Å²) >= 11 is 0. The molecule has 0 bridgehead atoms. The van der Waals surface area contributed by atoms with Gasteiger partial charge in [-0.2, -0.15) is 0 Å². The van der Waals surface area contributed by atoms with E-state index >= 15 is 0 Å². The second kappa shape index (κ2) is 4.81. The van der Waals surface area contributed by atoms with Crippen molar-refractivity contribution < 1.29 is 9.15 Å². The highest BCUT2D eigenvalue weighted by molar-refractivity contribution is 5.83. The van der Waals surface area contributed by atoms with Crippen LogP contribution in [0.3, 0.4) is 0 Å². The number of aromatic nitrogens is 1. The highest BCUT2D eigenvalue weighted by atomic mass is 16.5. The average Bonchev–Trinajstić information content (AvgIpc) is 2.98. The second-order valence-electron chi connectivity index (χ2n) is 5.19. The third kappa shape index (κ3) is 1.95. The molecule has 2 heterocycles. The SMILES string of the molecule is COc1cccc2oc(-c3cccc4c3CCCN4)nc12. The first-order valence-corrected chi connectivity index (χ1v) is 7.16. The lowest BCUT2D eigenvalue weighted by Crippen LogP contribution is -2.12. The zero-order valence-electron chi connectivity index (χ0n) is 11.8. The van der Waals surface area contributed by atoms with Gasteiger partial charge >= 0.3 is 0 Å². The summed E-state index contributed by atoms with van der Waals surface area (Å²) in [5.74, 6) is 1.40. The van der Waals surface area contributed by atoms with E-state index in [9.17, 15) is 0 Å². The lowest BCUT2D eigenvalue weighted by atomic mass is 9.97. The van der Waals surface area contributed by atoms with Gasteiger partial charge in [0.2, 0.25) is 5.89 Å². The molecule has 0 atom stereocenters. The van der Waals surface area contributed by atoms with Crippen LogP contribution in [0.2, 0.25) is 0 Å². The number of benzene rings is 2. The Labute approximate surface area is 122 Å². The van der Waals surface area contributed by atoms with Crippen LogP contribution in [-0.2, 0) is 6.42 Å². The Morgan fingerprint density at radius 3 is 3.00 bits per heavy atom. The van der Waals surface area contributed by atoms with Crippen LogP contribution < -0.4 is 10.1 Å². The molecular weight excluding hydrogens is 264 g/mol. The standard InChI is InChI=1S/C17H16N2O2/c1-20-14-8-3-9-15-16(14)19-17(21-15)12-5-2-7-13-11(12)6-4-10-18-13/h2-3,5,7-9,18H,4,6,10H2,1H3. The van der Waals surface area contributed by atoms with Crippen molar-refractivity contribution in [2.45, 2.75) is 12.8 Å². The highest BCUT2D eigenvalue weighted by Gasteiger charge is 2.18. The summed E-state index contributed by atoms with van der Waals surface area (Å²) in [4.78, 5) is 4.64. The van der Waals surface area contributed by atoms with Crippen LogP contribution in [0.5, 0.6) is 5.75 Å². The number of anilines is 1. The van der Waals surface area contributed by atoms with Gasteiger partial charge in [0.15, 0.2) is 11.1 Å². The molecule has 0 amide bonds. The minimum Gasteiger partial charge on any atom is -0.494 e. The van der Waals surface area contributed by atoms with E-state index in [1.165, 1.54) is 11.3 Å². The van der Waals surface area contributed by atoms with E-state index < -0.39 is 0 Å². The Balaban J connectivity index is 1.91. The van der Waals surface area contributed by atoms with Crippen molar-refractivity contribution in [3.63, 3.8) is 0 Å². The summed E-state index contributed by atoms with van der Waals surface area (Å²) in [7, 11) is 1.65. The molecule has 4 nitrogen and oxygen atoms in total. The Hall–Kier alpha value is -2.49. The highest BCUT2D eigenvalue weighted by Crippen LogP contribution is 2.35. The molecule has 4 rings (SSSR count). The molecular formula is C17H16N2O2. The molecule has 1 aliphatic heterocycles. The maximum absolute atomic E-state index is 5.94. The molecule has 0 saturated heterocycles. The number of oxazole rings is 1. The summed E-state index contributed by atoms with van der Waals surface area (Å²) in [6.45, 7) is 1.03. The average molecular weight is 280 g/mol. The van der Waals surface area contributed by atoms with Crippen LogP contribution in [0, 0.1) is 0 Å². The van der Waals surface area contributed by atoms with E-state index in [0.29, 0.717) is 5.89 Å². The smallest absolute Gasteiger partial charge is 0.227 e. The van der Waals surface area contributed by atoms with Gasteiger partial charge in [-0.05, 0) is 42.7 Å². The van der Waals surface area contributed by atoms with Gasteiger partial charge in [-0.3, -0.25) is 0 Å². The van der Waals surface area contributed by atoms with Crippen molar-refractivity contribution in [3.8, 4) is 17.2 Å². The number of nitrogens with one attached hydrogen (secondary N) is 1. The number of nitrogens with zero attached hydrogens (tertiary/aromatic N) is 1. The molecule has 2 aromatic carbocycles. The van der Waals surface area contributed by atoms with Crippen LogP contribution in [0.1, 0.15) is 12.0 Å². The number of hydrogen-bond donors (Lipinski definition) is 1. The maximum atomic E-state index is 5.94. The van der Waals surface area contributed by atoms with Gasteiger partial charge < -0.3 is 14.5 Å². The zero-order valence-corrected chi connectivity index (χ0v) is 11.8. The predicted molar refractivity (Wildman–Crippen MR) is 82.8 cm³/mol. The predicted octanol–water partition coefficient (Wildman–Crippen LogP) is 3.86. The van der Waals surface area contributed by atoms with Gasteiger partial charge in [0.25, 0.3) is 0 Å². The number of hydrogen-bond acceptors (Lipinski definition) is 4. The fourth-order valence-electron chi connectivity index (χ4n) is 2.91. The number of para-hydroxylation sites is 1. The monoisotopic (exact) mass is 280 g/mol. The molecule has 1 aromatic heterocycles. The molecule has 0 aliphatic carbocycles. The van der Waals surface area contributed by atoms with Gasteiger partial charge in [0.1, 0.15) is 5.75 Å². The molecule has 0 saturated carbocycles. The quantitative estimate of drug-likeness (QED) is 0.774. The molecule has 106 valence electrons. The van der Waals surface area contributed by atoms with E-state index in [4.69, 9.17) is 9.15 Å². The van der Waals surface area contributed by atoms with E-state index in [-0.39, 0.29) is 0 Å². The van der Waals surface area contributed by atoms with E-state index in [0.717, 1.165) is 41.8 Å². The van der Waals surface area contributed by atoms with Gasteiger partial charge in [0.05, 0.1) is 7.11 Å². The van der Waals surface area contributed by atoms with E-state index in [2.05, 4.69) is 22.4 Å². The third-order valence-electron chi connectivity index (χ3n) is 3.93. The normalized spacial score (nSPS) is 13.8. The molecule has 3 aromatic rings. The minimum absolute atomic E-state index is 0.662. The van der Waals surface area contributed by atoms with Crippen molar-refractivity contribution >= 4 is 16.8 Å². The maximum Gasteiger partial charge on any atom is 0.227 e. The lowest BCUT2D eigenvalue weighted by Gasteiger charge is -2.19. The zero-order chi connectivity index (χ0) is 14.2. The topological polar surface area (TPSA) is 47.3 Å². The van der Waals surface area contributed by atoms with Crippen molar-refractivity contribution in [1.82, 2.24) is 4.98 Å². The van der Waals surface area contributed by atoms with Crippen molar-refractivity contribution in [1.29, 1.82) is 0 Å². The molecule has 1 N–H and O–H groups in total. The first-order chi connectivity index (χ1) is 10.4. The van der Waals surface area contributed by atoms with Crippen LogP contribution in [0.25, 0.3) is 22.6 Å². The van der Waals surface area contributed by atoms with E-state index in [1.807, 2.05) is 24.3 Å². The van der Waals surface area contributed by atoms with Gasteiger partial charge in [-0.25, -0.2) is 4.98 Å². The van der Waals surface area contributed by atoms with Crippen LogP contribution in [-0.4, -0.2) is 18.6 Å². The lowest BCUT2D eigenvalue weighted by molar-refractivity contribution is 0.419. The fourth-order valence-corrected chi connectivity index (χ4v) is 2.91. The van der Waals surface area contributed by atoms with E-state index in [1.54, 1.807) is 7.11 Å². The Morgan fingerprint density at radius 2 is 2.10 bits per heavy atom. The summed E-state index contributed by atoms with van der Waals surface area (Å²) < 4.78 is 11.3. The molecule has 0 fully saturated rings. The molecule has 0 spiro atoms. The molecule has 1 aliphatic rings. The molecule has 21 heavy (non-hydrogen) atoms. The van der Waals surface area contributed by atoms with Gasteiger partial charge in [0, 0.05) is 17.8 Å². The summed E-state index contributed by atoms with van der Waals surface area (Å²) in [5, 5.41) is 3.43. The first-order valence-electron chi connectivity index (χ1n) is 7.16. The Bertz CT molecular complexity index is 808. The van der Waals surface area contributed by atoms with Gasteiger partial charge in [-0.15, -0.1) is 0 Å². The van der Waals surface area contributed by atoms with Crippen LogP contribution in [0.4, 0.5) is 5.69 Å². The van der Waals surface area contributed by atoms with Crippen molar-refractivity contribution in [3.05, 3.63) is 42.0 Å². The number of fused-ring (bicyclic) bond motifs is 2. The van der Waals surface area contributed by atoms with Gasteiger partial charge in [-0.1, -0.05) is 12.1 Å². The summed E-state index contributed by atoms with van der Waals surface area (Å²) in [6.07, 6.45) is 2.18. The second-order valence-corrected chi connectivity index (χ2v) is 5.19. The first kappa shape index (κ1) is 12.3. The van der Waals surface area contributed by atoms with Crippen LogP contribution in [0.15, 0.2) is 40.8 Å². The van der Waals surface area contributed by atoms with Crippen molar-refractivity contribution in [2.24, 2.45) is 0 Å². The molecule has 0 radical (unpaired) electrons. The van der Waals surface area contributed by atoms with Crippen LogP contribution >= 0.6 is 0 Å². The number of ether oxygens (including phenoxy) is 1. The Kier molecular flexibility index (Phi) is 2.81. The minimum atomic E-state index is 0.662. The summed E-state index contributed by atoms with van der Waals surface area (Å²) in [5.41, 5.74) is 5.07. The Morgan fingerprint density at radius 1 is 1.19 bits per heavy atom. The summed E-state index contributed by atoms with van der Waals surface area (Å²) in [6, 6.07) is 12.0. The largest absolute Gasteiger partial charge is 0.494 e.